The third-order valence-corrected chi connectivity index (χ3v) is 3.84. The van der Waals surface area contributed by atoms with Gasteiger partial charge in [-0.15, -0.1) is 0 Å². The maximum absolute atomic E-state index is 13.4. The molecule has 4 rings (SSSR count). The SMILES string of the molecule is Cn1ncc2c(NCc3cccnc3Oc3cccc(F)c3)ncnc21. The summed E-state index contributed by atoms with van der Waals surface area (Å²) in [6.45, 7) is 0.430. The zero-order valence-corrected chi connectivity index (χ0v) is 13.9. The number of nitrogens with zero attached hydrogens (tertiary/aromatic N) is 5. The van der Waals surface area contributed by atoms with Crippen LogP contribution in [0.2, 0.25) is 0 Å². The summed E-state index contributed by atoms with van der Waals surface area (Å²) in [6.07, 6.45) is 4.83. The molecule has 0 aliphatic carbocycles. The largest absolute Gasteiger partial charge is 0.439 e. The molecule has 3 aromatic heterocycles. The van der Waals surface area contributed by atoms with Gasteiger partial charge in [0.1, 0.15) is 23.7 Å². The van der Waals surface area contributed by atoms with Crippen molar-refractivity contribution in [3.05, 3.63) is 66.5 Å². The summed E-state index contributed by atoms with van der Waals surface area (Å²) in [5.74, 6) is 1.10. The first-order valence-electron chi connectivity index (χ1n) is 7.94. The van der Waals surface area contributed by atoms with Crippen LogP contribution in [0.1, 0.15) is 5.56 Å². The van der Waals surface area contributed by atoms with E-state index < -0.39 is 0 Å². The number of ether oxygens (including phenoxy) is 1. The monoisotopic (exact) mass is 350 g/mol. The zero-order valence-electron chi connectivity index (χ0n) is 13.9. The molecule has 8 heteroatoms. The number of hydrogen-bond acceptors (Lipinski definition) is 6. The third-order valence-electron chi connectivity index (χ3n) is 3.84. The standard InChI is InChI=1S/C18H15FN6O/c1-25-17-15(10-24-25)16(22-11-23-17)21-9-12-4-3-7-20-18(12)26-14-6-2-5-13(19)8-14/h2-8,10-11H,9H2,1H3,(H,21,22,23). The number of pyridine rings is 1. The van der Waals surface area contributed by atoms with Crippen LogP contribution in [0.5, 0.6) is 11.6 Å². The lowest BCUT2D eigenvalue weighted by Crippen LogP contribution is -2.05. The van der Waals surface area contributed by atoms with E-state index in [9.17, 15) is 4.39 Å². The number of benzene rings is 1. The number of nitrogens with one attached hydrogen (secondary N) is 1. The van der Waals surface area contributed by atoms with E-state index in [1.807, 2.05) is 19.2 Å². The normalized spacial score (nSPS) is 10.8. The van der Waals surface area contributed by atoms with Crippen molar-refractivity contribution in [1.82, 2.24) is 24.7 Å². The van der Waals surface area contributed by atoms with Crippen LogP contribution < -0.4 is 10.1 Å². The summed E-state index contributed by atoms with van der Waals surface area (Å²) in [6, 6.07) is 9.65. The summed E-state index contributed by atoms with van der Waals surface area (Å²) in [5, 5.41) is 8.28. The van der Waals surface area contributed by atoms with Crippen LogP contribution in [0.4, 0.5) is 10.2 Å². The van der Waals surface area contributed by atoms with Crippen molar-refractivity contribution in [2.45, 2.75) is 6.54 Å². The lowest BCUT2D eigenvalue weighted by atomic mass is 10.2. The highest BCUT2D eigenvalue weighted by Gasteiger charge is 2.10. The number of aromatic nitrogens is 5. The van der Waals surface area contributed by atoms with E-state index in [2.05, 4.69) is 25.4 Å². The Balaban J connectivity index is 1.57. The smallest absolute Gasteiger partial charge is 0.224 e. The Labute approximate surface area is 148 Å². The molecule has 0 fully saturated rings. The van der Waals surface area contributed by atoms with Crippen LogP contribution in [0, 0.1) is 5.82 Å². The van der Waals surface area contributed by atoms with Crippen LogP contribution in [0.15, 0.2) is 55.1 Å². The van der Waals surface area contributed by atoms with Gasteiger partial charge < -0.3 is 10.1 Å². The molecule has 1 N–H and O–H groups in total. The third kappa shape index (κ3) is 3.16. The highest BCUT2D eigenvalue weighted by Crippen LogP contribution is 2.25. The van der Waals surface area contributed by atoms with Gasteiger partial charge in [-0.2, -0.15) is 5.10 Å². The molecule has 0 spiro atoms. The van der Waals surface area contributed by atoms with Crippen molar-refractivity contribution in [3.63, 3.8) is 0 Å². The molecule has 0 saturated carbocycles. The summed E-state index contributed by atoms with van der Waals surface area (Å²) < 4.78 is 20.8. The molecule has 0 amide bonds. The predicted molar refractivity (Wildman–Crippen MR) is 94.3 cm³/mol. The van der Waals surface area contributed by atoms with Gasteiger partial charge >= 0.3 is 0 Å². The van der Waals surface area contributed by atoms with Gasteiger partial charge in [0.2, 0.25) is 5.88 Å². The second-order valence-corrected chi connectivity index (χ2v) is 5.61. The highest BCUT2D eigenvalue weighted by atomic mass is 19.1. The Morgan fingerprint density at radius 3 is 2.96 bits per heavy atom. The average molecular weight is 350 g/mol. The topological polar surface area (TPSA) is 77.8 Å². The summed E-state index contributed by atoms with van der Waals surface area (Å²) >= 11 is 0. The summed E-state index contributed by atoms with van der Waals surface area (Å²) in [4.78, 5) is 12.7. The highest BCUT2D eigenvalue weighted by molar-refractivity contribution is 5.85. The van der Waals surface area contributed by atoms with Crippen molar-refractivity contribution in [3.8, 4) is 11.6 Å². The molecule has 0 saturated heterocycles. The van der Waals surface area contributed by atoms with E-state index in [0.29, 0.717) is 24.0 Å². The van der Waals surface area contributed by atoms with E-state index in [1.54, 1.807) is 29.2 Å². The van der Waals surface area contributed by atoms with Gasteiger partial charge in [-0.25, -0.2) is 19.3 Å². The molecule has 0 unspecified atom stereocenters. The van der Waals surface area contributed by atoms with Crippen LogP contribution in [0.25, 0.3) is 11.0 Å². The fourth-order valence-corrected chi connectivity index (χ4v) is 2.57. The molecule has 3 heterocycles. The Morgan fingerprint density at radius 2 is 2.08 bits per heavy atom. The number of hydrogen-bond donors (Lipinski definition) is 1. The Morgan fingerprint density at radius 1 is 1.15 bits per heavy atom. The molecule has 0 aliphatic heterocycles. The average Bonchev–Trinajstić information content (AvgIpc) is 3.03. The number of aryl methyl sites for hydroxylation is 1. The van der Waals surface area contributed by atoms with Gasteiger partial charge in [-0.3, -0.25) is 4.68 Å². The molecule has 130 valence electrons. The second-order valence-electron chi connectivity index (χ2n) is 5.61. The minimum absolute atomic E-state index is 0.363. The molecule has 7 nitrogen and oxygen atoms in total. The molecule has 0 aliphatic rings. The number of fused-ring (bicyclic) bond motifs is 1. The molecular weight excluding hydrogens is 335 g/mol. The molecule has 0 bridgehead atoms. The zero-order chi connectivity index (χ0) is 17.9. The number of anilines is 1. The van der Waals surface area contributed by atoms with Crippen molar-refractivity contribution in [1.29, 1.82) is 0 Å². The molecule has 0 radical (unpaired) electrons. The lowest BCUT2D eigenvalue weighted by molar-refractivity contribution is 0.452. The van der Waals surface area contributed by atoms with Gasteiger partial charge in [0.15, 0.2) is 5.65 Å². The molecule has 1 aromatic carbocycles. The maximum atomic E-state index is 13.4. The predicted octanol–water partition coefficient (Wildman–Crippen LogP) is 3.30. The maximum Gasteiger partial charge on any atom is 0.224 e. The molecule has 4 aromatic rings. The van der Waals surface area contributed by atoms with Crippen LogP contribution in [0.3, 0.4) is 0 Å². The minimum Gasteiger partial charge on any atom is -0.439 e. The minimum atomic E-state index is -0.363. The Hall–Kier alpha value is -3.55. The first-order valence-corrected chi connectivity index (χ1v) is 7.94. The van der Waals surface area contributed by atoms with E-state index in [1.165, 1.54) is 18.5 Å². The quantitative estimate of drug-likeness (QED) is 0.595. The first kappa shape index (κ1) is 15.9. The van der Waals surface area contributed by atoms with Gasteiger partial charge in [-0.05, 0) is 18.2 Å². The van der Waals surface area contributed by atoms with Crippen LogP contribution >= 0.6 is 0 Å². The molecular formula is C18H15FN6O. The van der Waals surface area contributed by atoms with E-state index in [4.69, 9.17) is 4.74 Å². The fraction of sp³-hybridized carbons (Fsp3) is 0.111. The van der Waals surface area contributed by atoms with Gasteiger partial charge in [0, 0.05) is 31.4 Å². The number of halogens is 1. The lowest BCUT2D eigenvalue weighted by Gasteiger charge is -2.11. The van der Waals surface area contributed by atoms with Crippen molar-refractivity contribution in [2.24, 2.45) is 7.05 Å². The van der Waals surface area contributed by atoms with E-state index in [0.717, 1.165) is 16.6 Å². The summed E-state index contributed by atoms with van der Waals surface area (Å²) in [7, 11) is 1.82. The fourth-order valence-electron chi connectivity index (χ4n) is 2.57. The first-order chi connectivity index (χ1) is 12.7. The van der Waals surface area contributed by atoms with Crippen molar-refractivity contribution in [2.75, 3.05) is 5.32 Å². The van der Waals surface area contributed by atoms with Crippen LogP contribution in [-0.2, 0) is 13.6 Å². The number of rotatable bonds is 5. The summed E-state index contributed by atoms with van der Waals surface area (Å²) in [5.41, 5.74) is 1.55. The van der Waals surface area contributed by atoms with Gasteiger partial charge in [-0.1, -0.05) is 12.1 Å². The Bertz CT molecular complexity index is 1060. The van der Waals surface area contributed by atoms with Crippen molar-refractivity contribution < 1.29 is 9.13 Å². The van der Waals surface area contributed by atoms with Gasteiger partial charge in [0.25, 0.3) is 0 Å². The van der Waals surface area contributed by atoms with Gasteiger partial charge in [0.05, 0.1) is 11.6 Å². The van der Waals surface area contributed by atoms with E-state index >= 15 is 0 Å². The van der Waals surface area contributed by atoms with E-state index in [-0.39, 0.29) is 5.82 Å². The molecule has 26 heavy (non-hydrogen) atoms. The molecule has 0 atom stereocenters. The Kier molecular flexibility index (Phi) is 4.14. The van der Waals surface area contributed by atoms with Crippen LogP contribution in [-0.4, -0.2) is 24.7 Å². The van der Waals surface area contributed by atoms with Crippen molar-refractivity contribution >= 4 is 16.9 Å². The second kappa shape index (κ2) is 6.75.